The summed E-state index contributed by atoms with van der Waals surface area (Å²) >= 11 is 0. The van der Waals surface area contributed by atoms with Gasteiger partial charge in [0.1, 0.15) is 23.9 Å². The fourth-order valence-corrected chi connectivity index (χ4v) is 3.33. The predicted octanol–water partition coefficient (Wildman–Crippen LogP) is 4.64. The Kier molecular flexibility index (Phi) is 7.07. The summed E-state index contributed by atoms with van der Waals surface area (Å²) in [4.78, 5) is 12.2. The van der Waals surface area contributed by atoms with E-state index in [9.17, 15) is 18.0 Å². The highest BCUT2D eigenvalue weighted by molar-refractivity contribution is 5.97. The number of allylic oxidation sites excluding steroid dienone is 1. The third-order valence-corrected chi connectivity index (χ3v) is 4.92. The average molecular weight is 447 g/mol. The van der Waals surface area contributed by atoms with Crippen molar-refractivity contribution in [1.82, 2.24) is 10.7 Å². The number of carbonyl (C=O) groups excluding carboxylic acids is 1. The van der Waals surface area contributed by atoms with Crippen molar-refractivity contribution in [3.05, 3.63) is 70.9 Å². The Morgan fingerprint density at radius 3 is 2.62 bits per heavy atom. The summed E-state index contributed by atoms with van der Waals surface area (Å²) in [7, 11) is 1.47. The Bertz CT molecular complexity index is 1050. The first-order chi connectivity index (χ1) is 15.2. The van der Waals surface area contributed by atoms with Crippen LogP contribution < -0.4 is 20.2 Å². The number of hydrazone groups is 1. The molecule has 0 radical (unpaired) electrons. The first-order valence-electron chi connectivity index (χ1n) is 9.91. The molecule has 0 aliphatic carbocycles. The number of benzene rings is 2. The van der Waals surface area contributed by atoms with Crippen LogP contribution in [0.15, 0.2) is 53.8 Å². The fourth-order valence-electron chi connectivity index (χ4n) is 3.33. The largest absolute Gasteiger partial charge is 0.496 e. The molecule has 1 amide bonds. The van der Waals surface area contributed by atoms with Gasteiger partial charge < -0.3 is 14.8 Å². The summed E-state index contributed by atoms with van der Waals surface area (Å²) in [5.41, 5.74) is 3.81. The van der Waals surface area contributed by atoms with Crippen molar-refractivity contribution >= 4 is 11.7 Å². The number of carbonyl (C=O) groups is 1. The number of aryl methyl sites for hydroxylation is 1. The number of rotatable bonds is 5. The fraction of sp³-hybridized carbons (Fsp3) is 0.304. The SMILES string of the molecule is COc1cc([C@H]2/C=C/N/N=C(\C)NC(=O)C2)ccc1COc1ccc(C)cc1C(F)(F)F. The number of methoxy groups -OCH3 is 1. The van der Waals surface area contributed by atoms with Gasteiger partial charge in [-0.1, -0.05) is 29.8 Å². The van der Waals surface area contributed by atoms with Crippen LogP contribution in [0.4, 0.5) is 13.2 Å². The van der Waals surface area contributed by atoms with Gasteiger partial charge in [0.25, 0.3) is 0 Å². The monoisotopic (exact) mass is 447 g/mol. The van der Waals surface area contributed by atoms with E-state index in [1.807, 2.05) is 6.08 Å². The molecule has 1 atom stereocenters. The molecule has 32 heavy (non-hydrogen) atoms. The van der Waals surface area contributed by atoms with Crippen LogP contribution in [0.25, 0.3) is 0 Å². The van der Waals surface area contributed by atoms with Crippen LogP contribution in [-0.4, -0.2) is 18.9 Å². The van der Waals surface area contributed by atoms with Crippen molar-refractivity contribution in [1.29, 1.82) is 0 Å². The van der Waals surface area contributed by atoms with Crippen LogP contribution in [0.5, 0.6) is 11.5 Å². The molecule has 1 aliphatic rings. The molecule has 0 saturated heterocycles. The van der Waals surface area contributed by atoms with Crippen molar-refractivity contribution in [3.63, 3.8) is 0 Å². The summed E-state index contributed by atoms with van der Waals surface area (Å²) in [6, 6.07) is 9.23. The minimum atomic E-state index is -4.52. The van der Waals surface area contributed by atoms with E-state index in [1.165, 1.54) is 13.2 Å². The van der Waals surface area contributed by atoms with E-state index in [4.69, 9.17) is 9.47 Å². The lowest BCUT2D eigenvalue weighted by Crippen LogP contribution is -2.29. The van der Waals surface area contributed by atoms with Crippen LogP contribution in [0, 0.1) is 6.92 Å². The van der Waals surface area contributed by atoms with Gasteiger partial charge in [-0.25, -0.2) is 0 Å². The van der Waals surface area contributed by atoms with Crippen molar-refractivity contribution in [2.24, 2.45) is 5.10 Å². The van der Waals surface area contributed by atoms with Gasteiger partial charge in [-0.15, -0.1) is 0 Å². The molecule has 3 rings (SSSR count). The molecule has 2 N–H and O–H groups in total. The van der Waals surface area contributed by atoms with Crippen molar-refractivity contribution in [2.75, 3.05) is 7.11 Å². The van der Waals surface area contributed by atoms with Gasteiger partial charge >= 0.3 is 6.18 Å². The number of hydrogen-bond donors (Lipinski definition) is 2. The lowest BCUT2D eigenvalue weighted by molar-refractivity contribution is -0.139. The smallest absolute Gasteiger partial charge is 0.419 e. The Morgan fingerprint density at radius 2 is 1.91 bits per heavy atom. The number of nitrogens with one attached hydrogen (secondary N) is 2. The van der Waals surface area contributed by atoms with Crippen molar-refractivity contribution < 1.29 is 27.4 Å². The average Bonchev–Trinajstić information content (AvgIpc) is 2.81. The topological polar surface area (TPSA) is 72.0 Å². The summed E-state index contributed by atoms with van der Waals surface area (Å²) in [6.45, 7) is 3.16. The number of ether oxygens (including phenoxy) is 2. The summed E-state index contributed by atoms with van der Waals surface area (Å²) < 4.78 is 51.0. The quantitative estimate of drug-likeness (QED) is 0.701. The molecular formula is C23H24F3N3O3. The lowest BCUT2D eigenvalue weighted by Gasteiger charge is -2.18. The molecule has 9 heteroatoms. The maximum atomic E-state index is 13.3. The summed E-state index contributed by atoms with van der Waals surface area (Å²) in [5.74, 6) is 0.236. The molecule has 1 aliphatic heterocycles. The van der Waals surface area contributed by atoms with Crippen LogP contribution in [0.3, 0.4) is 0 Å². The molecule has 0 fully saturated rings. The van der Waals surface area contributed by atoms with Gasteiger partial charge in [-0.05, 0) is 37.6 Å². The zero-order valence-electron chi connectivity index (χ0n) is 17.9. The third-order valence-electron chi connectivity index (χ3n) is 4.92. The number of halogens is 3. The highest BCUT2D eigenvalue weighted by atomic mass is 19.4. The second-order valence-corrected chi connectivity index (χ2v) is 7.40. The van der Waals surface area contributed by atoms with E-state index in [2.05, 4.69) is 15.8 Å². The van der Waals surface area contributed by atoms with Crippen LogP contribution in [0.1, 0.15) is 41.5 Å². The van der Waals surface area contributed by atoms with Gasteiger partial charge in [0.15, 0.2) is 0 Å². The maximum absolute atomic E-state index is 13.3. The molecule has 6 nitrogen and oxygen atoms in total. The van der Waals surface area contributed by atoms with E-state index in [0.717, 1.165) is 11.6 Å². The maximum Gasteiger partial charge on any atom is 0.419 e. The molecule has 1 heterocycles. The number of amides is 1. The molecule has 2 aromatic carbocycles. The first-order valence-corrected chi connectivity index (χ1v) is 9.91. The number of alkyl halides is 3. The molecule has 0 bridgehead atoms. The molecular weight excluding hydrogens is 423 g/mol. The number of amidine groups is 1. The zero-order valence-corrected chi connectivity index (χ0v) is 17.9. The van der Waals surface area contributed by atoms with E-state index >= 15 is 0 Å². The van der Waals surface area contributed by atoms with Crippen LogP contribution >= 0.6 is 0 Å². The van der Waals surface area contributed by atoms with E-state index < -0.39 is 11.7 Å². The highest BCUT2D eigenvalue weighted by Crippen LogP contribution is 2.37. The van der Waals surface area contributed by atoms with Gasteiger partial charge in [-0.2, -0.15) is 18.3 Å². The second kappa shape index (κ2) is 9.76. The molecule has 170 valence electrons. The minimum absolute atomic E-state index is 0.106. The van der Waals surface area contributed by atoms with Gasteiger partial charge in [0.2, 0.25) is 5.91 Å². The number of nitrogens with zero attached hydrogens (tertiary/aromatic N) is 1. The van der Waals surface area contributed by atoms with Gasteiger partial charge in [0.05, 0.1) is 12.7 Å². The molecule has 0 saturated carbocycles. The Balaban J connectivity index is 1.81. The van der Waals surface area contributed by atoms with Crippen molar-refractivity contribution in [3.8, 4) is 11.5 Å². The second-order valence-electron chi connectivity index (χ2n) is 7.40. The Morgan fingerprint density at radius 1 is 1.12 bits per heavy atom. The number of hydrogen-bond acceptors (Lipinski definition) is 5. The Hall–Kier alpha value is -3.49. The van der Waals surface area contributed by atoms with E-state index in [0.29, 0.717) is 22.7 Å². The van der Waals surface area contributed by atoms with E-state index in [-0.39, 0.29) is 30.6 Å². The first kappa shape index (κ1) is 23.2. The van der Waals surface area contributed by atoms with Crippen LogP contribution in [-0.2, 0) is 17.6 Å². The summed E-state index contributed by atoms with van der Waals surface area (Å²) in [5, 5.41) is 6.67. The Labute approximate surface area is 184 Å². The third kappa shape index (κ3) is 5.81. The normalized spacial score (nSPS) is 19.4. The van der Waals surface area contributed by atoms with Crippen LogP contribution in [0.2, 0.25) is 0 Å². The van der Waals surface area contributed by atoms with Crippen molar-refractivity contribution in [2.45, 2.75) is 39.0 Å². The summed E-state index contributed by atoms with van der Waals surface area (Å²) in [6.07, 6.45) is -0.861. The minimum Gasteiger partial charge on any atom is -0.496 e. The molecule has 0 spiro atoms. The molecule has 0 aromatic heterocycles. The highest BCUT2D eigenvalue weighted by Gasteiger charge is 2.34. The molecule has 2 aromatic rings. The van der Waals surface area contributed by atoms with E-state index in [1.54, 1.807) is 44.3 Å². The lowest BCUT2D eigenvalue weighted by atomic mass is 9.94. The molecule has 0 unspecified atom stereocenters. The van der Waals surface area contributed by atoms with Gasteiger partial charge in [-0.3, -0.25) is 10.2 Å². The van der Waals surface area contributed by atoms with Gasteiger partial charge in [0, 0.05) is 24.1 Å². The standard InChI is InChI=1S/C23H24F3N3O3/c1-14-4-7-20(19(10-14)23(24,25)26)32-13-18-6-5-16(11-21(18)31-3)17-8-9-27-29-15(2)28-22(30)12-17/h4-11,17,27H,12-13H2,1-3H3,(H,28,29,30)/b9-8+/t17-/m0/s1. The predicted molar refractivity (Wildman–Crippen MR) is 114 cm³/mol. The zero-order chi connectivity index (χ0) is 23.3.